The lowest BCUT2D eigenvalue weighted by molar-refractivity contribution is -0.138. The predicted octanol–water partition coefficient (Wildman–Crippen LogP) is 4.55. The molecular weight excluding hydrogens is 336 g/mol. The molecule has 138 valence electrons. The quantitative estimate of drug-likeness (QED) is 0.632. The van der Waals surface area contributed by atoms with E-state index in [1.165, 1.54) is 16.7 Å². The average Bonchev–Trinajstić information content (AvgIpc) is 3.49. The summed E-state index contributed by atoms with van der Waals surface area (Å²) in [5.41, 5.74) is 13.6. The van der Waals surface area contributed by atoms with E-state index in [0.717, 1.165) is 29.8 Å². The zero-order valence-electron chi connectivity index (χ0n) is 15.8. The monoisotopic (exact) mass is 360 g/mol. The Labute approximate surface area is 160 Å². The lowest BCUT2D eigenvalue weighted by atomic mass is 9.88. The maximum absolute atomic E-state index is 12.4. The number of fused-ring (bicyclic) bond motifs is 1. The number of nitrogens with zero attached hydrogens (tertiary/aromatic N) is 1. The van der Waals surface area contributed by atoms with Crippen molar-refractivity contribution in [1.82, 2.24) is 4.90 Å². The minimum atomic E-state index is -0.306. The third kappa shape index (κ3) is 3.01. The van der Waals surface area contributed by atoms with Crippen LogP contribution in [0.4, 0.5) is 5.69 Å². The second-order valence-corrected chi connectivity index (χ2v) is 7.15. The van der Waals surface area contributed by atoms with Gasteiger partial charge in [0.15, 0.2) is 0 Å². The van der Waals surface area contributed by atoms with E-state index in [0.29, 0.717) is 23.8 Å². The molecule has 0 unspecified atom stereocenters. The van der Waals surface area contributed by atoms with E-state index >= 15 is 0 Å². The number of hydrogen-bond acceptors (Lipinski definition) is 4. The number of nitrogens with two attached hydrogens (primary N) is 1. The van der Waals surface area contributed by atoms with Crippen molar-refractivity contribution in [2.45, 2.75) is 26.7 Å². The minimum Gasteiger partial charge on any atom is -0.462 e. The van der Waals surface area contributed by atoms with Gasteiger partial charge in [0, 0.05) is 11.9 Å². The van der Waals surface area contributed by atoms with E-state index < -0.39 is 0 Å². The van der Waals surface area contributed by atoms with Crippen molar-refractivity contribution in [3.8, 4) is 0 Å². The van der Waals surface area contributed by atoms with Crippen LogP contribution in [0.3, 0.4) is 0 Å². The van der Waals surface area contributed by atoms with Gasteiger partial charge < -0.3 is 15.4 Å². The molecule has 4 rings (SSSR count). The Morgan fingerprint density at radius 2 is 2.00 bits per heavy atom. The highest BCUT2D eigenvalue weighted by Gasteiger charge is 2.37. The fourth-order valence-electron chi connectivity index (χ4n) is 3.74. The number of benzene rings is 1. The fraction of sp³-hybridized carbons (Fsp3) is 0.261. The molecule has 4 nitrogen and oxygen atoms in total. The van der Waals surface area contributed by atoms with Crippen LogP contribution in [0.1, 0.15) is 32.3 Å². The summed E-state index contributed by atoms with van der Waals surface area (Å²) >= 11 is 0. The second kappa shape index (κ2) is 6.62. The van der Waals surface area contributed by atoms with Gasteiger partial charge in [-0.1, -0.05) is 18.7 Å². The highest BCUT2D eigenvalue weighted by Crippen LogP contribution is 2.47. The summed E-state index contributed by atoms with van der Waals surface area (Å²) < 4.78 is 5.24. The van der Waals surface area contributed by atoms with Gasteiger partial charge in [-0.05, 0) is 79.2 Å². The summed E-state index contributed by atoms with van der Waals surface area (Å²) in [6, 6.07) is 7.93. The smallest absolute Gasteiger partial charge is 0.340 e. The topological polar surface area (TPSA) is 55.6 Å². The Kier molecular flexibility index (Phi) is 4.27. The van der Waals surface area contributed by atoms with Gasteiger partial charge in [-0.2, -0.15) is 0 Å². The molecule has 2 heterocycles. The van der Waals surface area contributed by atoms with Crippen LogP contribution in [-0.4, -0.2) is 17.5 Å². The highest BCUT2D eigenvalue weighted by atomic mass is 16.5. The summed E-state index contributed by atoms with van der Waals surface area (Å²) in [4.78, 5) is 14.5. The molecule has 1 aromatic carbocycles. The molecule has 0 radical (unpaired) electrons. The van der Waals surface area contributed by atoms with Crippen LogP contribution < -0.4 is 5.73 Å². The first-order valence-electron chi connectivity index (χ1n) is 9.38. The molecule has 0 bridgehead atoms. The molecule has 3 aliphatic rings. The van der Waals surface area contributed by atoms with E-state index in [1.54, 1.807) is 0 Å². The number of allylic oxidation sites excluding steroid dienone is 5. The molecule has 2 N–H and O–H groups in total. The lowest BCUT2D eigenvalue weighted by Gasteiger charge is -2.36. The minimum absolute atomic E-state index is 0.306. The number of anilines is 1. The van der Waals surface area contributed by atoms with E-state index in [4.69, 9.17) is 10.5 Å². The van der Waals surface area contributed by atoms with Crippen molar-refractivity contribution in [3.63, 3.8) is 0 Å². The van der Waals surface area contributed by atoms with Crippen LogP contribution in [0.5, 0.6) is 0 Å². The Morgan fingerprint density at radius 3 is 2.63 bits per heavy atom. The Hall–Kier alpha value is -3.01. The highest BCUT2D eigenvalue weighted by molar-refractivity contribution is 5.95. The van der Waals surface area contributed by atoms with Gasteiger partial charge in [-0.3, -0.25) is 0 Å². The van der Waals surface area contributed by atoms with Crippen LogP contribution in [0.2, 0.25) is 0 Å². The molecule has 1 saturated carbocycles. The first kappa shape index (κ1) is 17.4. The van der Waals surface area contributed by atoms with Gasteiger partial charge in [0.25, 0.3) is 0 Å². The van der Waals surface area contributed by atoms with Crippen LogP contribution in [-0.2, 0) is 9.53 Å². The summed E-state index contributed by atoms with van der Waals surface area (Å²) in [7, 11) is 0. The molecule has 27 heavy (non-hydrogen) atoms. The van der Waals surface area contributed by atoms with E-state index in [-0.39, 0.29) is 5.97 Å². The molecule has 1 aromatic rings. The van der Waals surface area contributed by atoms with Gasteiger partial charge >= 0.3 is 5.97 Å². The first-order valence-corrected chi connectivity index (χ1v) is 9.38. The van der Waals surface area contributed by atoms with Crippen molar-refractivity contribution < 1.29 is 9.53 Å². The van der Waals surface area contributed by atoms with Crippen LogP contribution in [0, 0.1) is 5.92 Å². The number of esters is 1. The molecule has 0 saturated heterocycles. The lowest BCUT2D eigenvalue weighted by Crippen LogP contribution is -2.28. The van der Waals surface area contributed by atoms with Crippen molar-refractivity contribution >= 4 is 17.2 Å². The number of rotatable bonds is 4. The number of ether oxygens (including phenoxy) is 1. The van der Waals surface area contributed by atoms with E-state index in [2.05, 4.69) is 19.6 Å². The van der Waals surface area contributed by atoms with Gasteiger partial charge in [0.1, 0.15) is 0 Å². The SMILES string of the molecule is C=C1C(C(=O)OCC)=CC(C2CC2)=C2C(C)=C(c3ccc(N)cc3)C=CN12. The van der Waals surface area contributed by atoms with Gasteiger partial charge in [0.05, 0.1) is 23.6 Å². The summed E-state index contributed by atoms with van der Waals surface area (Å²) in [5.74, 6) is 0.188. The third-order valence-electron chi connectivity index (χ3n) is 5.30. The first-order chi connectivity index (χ1) is 13.0. The number of carbonyl (C=O) groups is 1. The fourth-order valence-corrected chi connectivity index (χ4v) is 3.74. The zero-order chi connectivity index (χ0) is 19.1. The maximum atomic E-state index is 12.4. The molecule has 1 fully saturated rings. The van der Waals surface area contributed by atoms with E-state index in [1.807, 2.05) is 48.4 Å². The summed E-state index contributed by atoms with van der Waals surface area (Å²) in [6.45, 7) is 8.48. The van der Waals surface area contributed by atoms with Crippen LogP contribution in [0.15, 0.2) is 77.3 Å². The molecule has 4 heteroatoms. The predicted molar refractivity (Wildman–Crippen MR) is 108 cm³/mol. The van der Waals surface area contributed by atoms with Crippen LogP contribution >= 0.6 is 0 Å². The largest absolute Gasteiger partial charge is 0.462 e. The molecule has 0 spiro atoms. The van der Waals surface area contributed by atoms with Crippen molar-refractivity contribution in [2.24, 2.45) is 5.92 Å². The average molecular weight is 360 g/mol. The van der Waals surface area contributed by atoms with E-state index in [9.17, 15) is 4.79 Å². The van der Waals surface area contributed by atoms with Crippen molar-refractivity contribution in [2.75, 3.05) is 12.3 Å². The molecule has 0 amide bonds. The summed E-state index contributed by atoms with van der Waals surface area (Å²) in [5, 5.41) is 0. The zero-order valence-corrected chi connectivity index (χ0v) is 15.8. The van der Waals surface area contributed by atoms with Crippen molar-refractivity contribution in [1.29, 1.82) is 0 Å². The Balaban J connectivity index is 1.84. The molecule has 1 aliphatic carbocycles. The Bertz CT molecular complexity index is 941. The van der Waals surface area contributed by atoms with Gasteiger partial charge in [-0.25, -0.2) is 4.79 Å². The maximum Gasteiger partial charge on any atom is 0.340 e. The van der Waals surface area contributed by atoms with Crippen LogP contribution in [0.25, 0.3) is 5.57 Å². The normalized spacial score (nSPS) is 19.3. The molecule has 0 aromatic heterocycles. The number of nitrogen functional groups attached to an aromatic ring is 1. The number of hydrogen-bond donors (Lipinski definition) is 1. The molecule has 2 aliphatic heterocycles. The molecular formula is C23H24N2O2. The standard InChI is InChI=1S/C23H24N2O2/c1-4-27-23(26)20-13-21(17-5-6-17)22-14(2)19(11-12-25(22)15(20)3)16-7-9-18(24)10-8-16/h7-13,17H,3-6,24H2,1-2H3. The second-order valence-electron chi connectivity index (χ2n) is 7.15. The number of carbonyl (C=O) groups excluding carboxylic acids is 1. The van der Waals surface area contributed by atoms with Crippen molar-refractivity contribution in [3.05, 3.63) is 82.9 Å². The summed E-state index contributed by atoms with van der Waals surface area (Å²) in [6.07, 6.45) is 8.38. The third-order valence-corrected chi connectivity index (χ3v) is 5.30. The molecule has 0 atom stereocenters. The van der Waals surface area contributed by atoms with Gasteiger partial charge in [0.2, 0.25) is 0 Å². The Morgan fingerprint density at radius 1 is 1.30 bits per heavy atom. The van der Waals surface area contributed by atoms with Gasteiger partial charge in [-0.15, -0.1) is 0 Å².